The Morgan fingerprint density at radius 1 is 1.06 bits per heavy atom. The zero-order valence-electron chi connectivity index (χ0n) is 18.0. The number of benzene rings is 3. The number of nitrogens with one attached hydrogen (secondary N) is 1. The molecule has 1 fully saturated rings. The summed E-state index contributed by atoms with van der Waals surface area (Å²) in [7, 11) is 0. The third kappa shape index (κ3) is 5.04. The number of imide groups is 2. The van der Waals surface area contributed by atoms with Crippen LogP contribution in [0, 0.1) is 15.9 Å². The summed E-state index contributed by atoms with van der Waals surface area (Å²) >= 11 is 12.4. The number of hydrogen-bond donors (Lipinski definition) is 1. The van der Waals surface area contributed by atoms with E-state index >= 15 is 0 Å². The van der Waals surface area contributed by atoms with Crippen LogP contribution in [0.15, 0.2) is 66.2 Å². The van der Waals surface area contributed by atoms with Crippen molar-refractivity contribution in [2.24, 2.45) is 0 Å². The van der Waals surface area contributed by atoms with Crippen molar-refractivity contribution in [3.05, 3.63) is 103 Å². The summed E-state index contributed by atoms with van der Waals surface area (Å²) in [4.78, 5) is 49.0. The minimum atomic E-state index is -1.03. The molecule has 1 aliphatic rings. The second-order valence-corrected chi connectivity index (χ2v) is 8.26. The second-order valence-electron chi connectivity index (χ2n) is 7.42. The third-order valence-electron chi connectivity index (χ3n) is 5.09. The van der Waals surface area contributed by atoms with E-state index in [-0.39, 0.29) is 44.9 Å². The molecular formula is C24H14Cl2FN3O6. The summed E-state index contributed by atoms with van der Waals surface area (Å²) < 4.78 is 19.7. The molecule has 12 heteroatoms. The van der Waals surface area contributed by atoms with Gasteiger partial charge in [0.15, 0.2) is 0 Å². The molecule has 4 rings (SSSR count). The minimum absolute atomic E-state index is 0.00153. The number of halogens is 3. The van der Waals surface area contributed by atoms with Crippen molar-refractivity contribution in [2.45, 2.75) is 6.61 Å². The molecule has 3 aromatic rings. The molecule has 0 spiro atoms. The highest BCUT2D eigenvalue weighted by Gasteiger charge is 2.37. The molecule has 1 aliphatic heterocycles. The van der Waals surface area contributed by atoms with Gasteiger partial charge in [-0.2, -0.15) is 0 Å². The van der Waals surface area contributed by atoms with E-state index in [4.69, 9.17) is 27.9 Å². The predicted octanol–water partition coefficient (Wildman–Crippen LogP) is 5.29. The third-order valence-corrected chi connectivity index (χ3v) is 5.59. The van der Waals surface area contributed by atoms with E-state index in [0.29, 0.717) is 4.90 Å². The standard InChI is InChI=1S/C24H14Cl2FN3O6/c25-15-9-14(21(19(26)11-15)36-12-13-3-1-2-4-20(13)27)10-18-22(31)28-24(33)29(23(18)32)16-5-7-17(8-6-16)30(34)35/h1-11H,12H2,(H,28,31,33)/b18-10+. The molecule has 1 N–H and O–H groups in total. The van der Waals surface area contributed by atoms with Crippen molar-refractivity contribution in [2.75, 3.05) is 4.90 Å². The zero-order valence-corrected chi connectivity index (χ0v) is 19.5. The van der Waals surface area contributed by atoms with Gasteiger partial charge in [-0.05, 0) is 36.4 Å². The number of non-ortho nitro benzene ring substituents is 1. The summed E-state index contributed by atoms with van der Waals surface area (Å²) in [6, 6.07) is 12.3. The number of carbonyl (C=O) groups excluding carboxylic acids is 3. The van der Waals surface area contributed by atoms with E-state index in [0.717, 1.165) is 18.2 Å². The molecule has 182 valence electrons. The van der Waals surface area contributed by atoms with Crippen LogP contribution in [0.4, 0.5) is 20.6 Å². The summed E-state index contributed by atoms with van der Waals surface area (Å²) in [5, 5.41) is 13.2. The second kappa shape index (κ2) is 10.1. The molecule has 0 aliphatic carbocycles. The maximum absolute atomic E-state index is 14.0. The minimum Gasteiger partial charge on any atom is -0.487 e. The number of amides is 4. The number of barbiturate groups is 1. The monoisotopic (exact) mass is 529 g/mol. The number of nitro groups is 1. The van der Waals surface area contributed by atoms with Gasteiger partial charge in [0, 0.05) is 28.3 Å². The van der Waals surface area contributed by atoms with Gasteiger partial charge < -0.3 is 4.74 Å². The lowest BCUT2D eigenvalue weighted by Crippen LogP contribution is -2.54. The maximum Gasteiger partial charge on any atom is 0.335 e. The van der Waals surface area contributed by atoms with E-state index in [9.17, 15) is 28.9 Å². The van der Waals surface area contributed by atoms with Crippen LogP contribution < -0.4 is 15.0 Å². The van der Waals surface area contributed by atoms with Crippen LogP contribution >= 0.6 is 23.2 Å². The highest BCUT2D eigenvalue weighted by molar-refractivity contribution is 6.40. The fourth-order valence-electron chi connectivity index (χ4n) is 3.38. The van der Waals surface area contributed by atoms with Crippen molar-refractivity contribution in [3.63, 3.8) is 0 Å². The molecule has 3 aromatic carbocycles. The van der Waals surface area contributed by atoms with Crippen LogP contribution in [0.5, 0.6) is 5.75 Å². The molecule has 0 saturated carbocycles. The topological polar surface area (TPSA) is 119 Å². The van der Waals surface area contributed by atoms with Crippen LogP contribution in [-0.2, 0) is 16.2 Å². The molecular weight excluding hydrogens is 516 g/mol. The zero-order chi connectivity index (χ0) is 26.0. The Balaban J connectivity index is 1.71. The van der Waals surface area contributed by atoms with Gasteiger partial charge in [-0.15, -0.1) is 0 Å². The SMILES string of the molecule is O=C1NC(=O)N(c2ccc([N+](=O)[O-])cc2)C(=O)/C1=C/c1cc(Cl)cc(Cl)c1OCc1ccccc1F. The first-order valence-electron chi connectivity index (χ1n) is 10.2. The molecule has 1 saturated heterocycles. The maximum atomic E-state index is 14.0. The summed E-state index contributed by atoms with van der Waals surface area (Å²) in [6.45, 7) is -0.211. The van der Waals surface area contributed by atoms with E-state index in [1.165, 1.54) is 42.5 Å². The van der Waals surface area contributed by atoms with Crippen molar-refractivity contribution < 1.29 is 28.4 Å². The van der Waals surface area contributed by atoms with E-state index in [1.54, 1.807) is 6.07 Å². The van der Waals surface area contributed by atoms with Gasteiger partial charge in [-0.3, -0.25) is 25.0 Å². The average Bonchev–Trinajstić information content (AvgIpc) is 2.82. The number of hydrogen-bond acceptors (Lipinski definition) is 6. The van der Waals surface area contributed by atoms with Crippen molar-refractivity contribution in [1.29, 1.82) is 0 Å². The Bertz CT molecular complexity index is 1440. The average molecular weight is 530 g/mol. The van der Waals surface area contributed by atoms with E-state index < -0.39 is 34.2 Å². The lowest BCUT2D eigenvalue weighted by molar-refractivity contribution is -0.384. The summed E-state index contributed by atoms with van der Waals surface area (Å²) in [6.07, 6.45) is 1.14. The fourth-order valence-corrected chi connectivity index (χ4v) is 3.94. The molecule has 0 radical (unpaired) electrons. The number of anilines is 1. The fraction of sp³-hybridized carbons (Fsp3) is 0.0417. The van der Waals surface area contributed by atoms with Gasteiger partial charge in [0.1, 0.15) is 23.7 Å². The van der Waals surface area contributed by atoms with Crippen LogP contribution in [0.3, 0.4) is 0 Å². The summed E-state index contributed by atoms with van der Waals surface area (Å²) in [5.74, 6) is -2.45. The molecule has 0 unspecified atom stereocenters. The molecule has 9 nitrogen and oxygen atoms in total. The number of carbonyl (C=O) groups is 3. The normalized spacial score (nSPS) is 14.7. The van der Waals surface area contributed by atoms with Gasteiger partial charge in [0.2, 0.25) is 0 Å². The quantitative estimate of drug-likeness (QED) is 0.200. The van der Waals surface area contributed by atoms with Crippen molar-refractivity contribution >= 4 is 58.5 Å². The number of nitro benzene ring substituents is 1. The van der Waals surface area contributed by atoms with Gasteiger partial charge in [-0.25, -0.2) is 14.1 Å². The number of ether oxygens (including phenoxy) is 1. The largest absolute Gasteiger partial charge is 0.487 e. The number of rotatable bonds is 6. The Kier molecular flexibility index (Phi) is 7.00. The van der Waals surface area contributed by atoms with Gasteiger partial charge >= 0.3 is 6.03 Å². The highest BCUT2D eigenvalue weighted by Crippen LogP contribution is 2.35. The molecule has 0 atom stereocenters. The van der Waals surface area contributed by atoms with Crippen molar-refractivity contribution in [1.82, 2.24) is 5.32 Å². The van der Waals surface area contributed by atoms with Gasteiger partial charge in [0.25, 0.3) is 17.5 Å². The van der Waals surface area contributed by atoms with Gasteiger partial charge in [0.05, 0.1) is 15.6 Å². The molecule has 36 heavy (non-hydrogen) atoms. The lowest BCUT2D eigenvalue weighted by atomic mass is 10.1. The van der Waals surface area contributed by atoms with Crippen LogP contribution in [0.1, 0.15) is 11.1 Å². The summed E-state index contributed by atoms with van der Waals surface area (Å²) in [5.41, 5.74) is -0.340. The molecule has 1 heterocycles. The number of urea groups is 1. The van der Waals surface area contributed by atoms with Crippen LogP contribution in [0.25, 0.3) is 6.08 Å². The Labute approximate surface area is 212 Å². The highest BCUT2D eigenvalue weighted by atomic mass is 35.5. The first-order valence-corrected chi connectivity index (χ1v) is 10.9. The Hall–Kier alpha value is -4.28. The van der Waals surface area contributed by atoms with Crippen LogP contribution in [0.2, 0.25) is 10.0 Å². The van der Waals surface area contributed by atoms with Crippen molar-refractivity contribution in [3.8, 4) is 5.75 Å². The van der Waals surface area contributed by atoms with Crippen LogP contribution in [-0.4, -0.2) is 22.8 Å². The van der Waals surface area contributed by atoms with E-state index in [1.807, 2.05) is 5.32 Å². The number of nitrogens with zero attached hydrogens (tertiary/aromatic N) is 2. The first-order chi connectivity index (χ1) is 17.2. The lowest BCUT2D eigenvalue weighted by Gasteiger charge is -2.26. The molecule has 0 bridgehead atoms. The molecule has 4 amide bonds. The predicted molar refractivity (Wildman–Crippen MR) is 129 cm³/mol. The molecule has 0 aromatic heterocycles. The Morgan fingerprint density at radius 3 is 2.42 bits per heavy atom. The van der Waals surface area contributed by atoms with E-state index in [2.05, 4.69) is 0 Å². The smallest absolute Gasteiger partial charge is 0.335 e. The van der Waals surface area contributed by atoms with Gasteiger partial charge in [-0.1, -0.05) is 41.4 Å². The Morgan fingerprint density at radius 2 is 1.75 bits per heavy atom. The first kappa shape index (κ1) is 24.8.